The molecule has 0 aromatic heterocycles. The van der Waals surface area contributed by atoms with Crippen LogP contribution < -0.4 is 29.6 Å². The molecule has 0 spiro atoms. The van der Waals surface area contributed by atoms with Gasteiger partial charge >= 0.3 is 29.6 Å². The molecule has 0 rings (SSSR count). The molecule has 0 heterocycles. The van der Waals surface area contributed by atoms with Crippen molar-refractivity contribution < 1.29 is 47.6 Å². The van der Waals surface area contributed by atoms with Crippen LogP contribution in [0.3, 0.4) is 0 Å². The van der Waals surface area contributed by atoms with Gasteiger partial charge in [0.15, 0.2) is 0 Å². The van der Waals surface area contributed by atoms with Crippen LogP contribution in [0.15, 0.2) is 12.7 Å². The van der Waals surface area contributed by atoms with Crippen molar-refractivity contribution >= 4 is 10.1 Å². The van der Waals surface area contributed by atoms with E-state index in [0.29, 0.717) is 0 Å². The van der Waals surface area contributed by atoms with E-state index in [1.54, 1.807) is 6.92 Å². The predicted molar refractivity (Wildman–Crippen MR) is 43.7 cm³/mol. The zero-order chi connectivity index (χ0) is 9.49. The van der Waals surface area contributed by atoms with Gasteiger partial charge in [0.2, 0.25) is 0 Å². The minimum atomic E-state index is -3.79. The Bertz CT molecular complexity index is 183. The summed E-state index contributed by atoms with van der Waals surface area (Å²) in [7, 11) is -3.79. The summed E-state index contributed by atoms with van der Waals surface area (Å²) in [6.45, 7) is 7.91. The van der Waals surface area contributed by atoms with Gasteiger partial charge in [-0.25, -0.2) is 0 Å². The van der Waals surface area contributed by atoms with E-state index in [-0.39, 0.29) is 35.3 Å². The van der Waals surface area contributed by atoms with E-state index in [0.717, 1.165) is 6.08 Å². The second-order valence-corrected chi connectivity index (χ2v) is 3.38. The standard InChI is InChI=1S/C3H6O3S.C3H7O.Na/c1-2-3-7(4,5)6;1-3(2)4;/h2H,1,3H2,(H,4,5,6);3-4H,1H2,2H3;/q;-1;+1. The summed E-state index contributed by atoms with van der Waals surface area (Å²) in [4.78, 5) is 0. The third kappa shape index (κ3) is 46.1. The van der Waals surface area contributed by atoms with Gasteiger partial charge in [0, 0.05) is 0 Å². The van der Waals surface area contributed by atoms with Crippen LogP contribution >= 0.6 is 0 Å². The molecule has 1 unspecified atom stereocenters. The van der Waals surface area contributed by atoms with E-state index >= 15 is 0 Å². The summed E-state index contributed by atoms with van der Waals surface area (Å²) in [6.07, 6.45) is 0.704. The maximum Gasteiger partial charge on any atom is 1.00 e. The third-order valence-corrected chi connectivity index (χ3v) is 0.985. The van der Waals surface area contributed by atoms with Gasteiger partial charge in [-0.05, 0) is 0 Å². The molecule has 1 atom stereocenters. The Labute approximate surface area is 95.7 Å². The van der Waals surface area contributed by atoms with Crippen molar-refractivity contribution in [3.05, 3.63) is 19.6 Å². The Balaban J connectivity index is -0.000000142. The Kier molecular flexibility index (Phi) is 14.9. The van der Waals surface area contributed by atoms with Crippen molar-refractivity contribution in [3.8, 4) is 0 Å². The van der Waals surface area contributed by atoms with E-state index < -0.39 is 16.2 Å². The normalized spacial score (nSPS) is 11.7. The predicted octanol–water partition coefficient (Wildman–Crippen LogP) is -2.73. The maximum absolute atomic E-state index is 9.72. The van der Waals surface area contributed by atoms with E-state index in [4.69, 9.17) is 9.66 Å². The molecule has 4 nitrogen and oxygen atoms in total. The molecule has 68 valence electrons. The largest absolute Gasteiger partial charge is 1.00 e. The van der Waals surface area contributed by atoms with Crippen LogP contribution in [0.2, 0.25) is 0 Å². The molecule has 0 radical (unpaired) electrons. The molecule has 0 aliphatic carbocycles. The topological polar surface area (TPSA) is 74.6 Å². The Hall–Kier alpha value is 0.610. The Morgan fingerprint density at radius 2 is 1.92 bits per heavy atom. The Morgan fingerprint density at radius 1 is 1.67 bits per heavy atom. The van der Waals surface area contributed by atoms with Gasteiger partial charge in [0.1, 0.15) is 0 Å². The van der Waals surface area contributed by atoms with E-state index in [1.165, 1.54) is 0 Å². The quantitative estimate of drug-likeness (QED) is 0.221. The fourth-order valence-electron chi connectivity index (χ4n) is 0.149. The van der Waals surface area contributed by atoms with Crippen molar-refractivity contribution in [2.24, 2.45) is 0 Å². The van der Waals surface area contributed by atoms with Crippen molar-refractivity contribution in [3.63, 3.8) is 0 Å². The molecule has 12 heavy (non-hydrogen) atoms. The molecule has 0 aliphatic heterocycles. The maximum atomic E-state index is 9.72. The number of rotatable bonds is 2. The van der Waals surface area contributed by atoms with Crippen molar-refractivity contribution in [2.45, 2.75) is 13.0 Å². The minimum Gasteiger partial charge on any atom is -0.426 e. The summed E-state index contributed by atoms with van der Waals surface area (Å²) in [5.41, 5.74) is 0. The van der Waals surface area contributed by atoms with Crippen LogP contribution in [0.4, 0.5) is 0 Å². The van der Waals surface area contributed by atoms with E-state index in [9.17, 15) is 8.42 Å². The van der Waals surface area contributed by atoms with Crippen molar-refractivity contribution in [1.82, 2.24) is 0 Å². The smallest absolute Gasteiger partial charge is 0.426 e. The summed E-state index contributed by atoms with van der Waals surface area (Å²) in [6, 6.07) is 0. The molecule has 0 aromatic rings. The zero-order valence-electron chi connectivity index (χ0n) is 7.40. The summed E-state index contributed by atoms with van der Waals surface area (Å²) < 4.78 is 27.3. The van der Waals surface area contributed by atoms with Crippen LogP contribution in [-0.2, 0) is 10.1 Å². The van der Waals surface area contributed by atoms with E-state index in [1.807, 2.05) is 0 Å². The average Bonchev–Trinajstić information content (AvgIpc) is 1.58. The van der Waals surface area contributed by atoms with Crippen molar-refractivity contribution in [2.75, 3.05) is 5.75 Å². The number of aliphatic hydroxyl groups is 1. The second kappa shape index (κ2) is 9.70. The first-order chi connectivity index (χ1) is 4.79. The molecule has 0 bridgehead atoms. The average molecular weight is 204 g/mol. The minimum absolute atomic E-state index is 0. The fourth-order valence-corrected chi connectivity index (χ4v) is 0.447. The second-order valence-electron chi connectivity index (χ2n) is 1.89. The summed E-state index contributed by atoms with van der Waals surface area (Å²) in [5, 5.41) is 7.94. The molecule has 0 aromatic carbocycles. The molecule has 0 saturated carbocycles. The molecular formula is C6H13NaO4S. The van der Waals surface area contributed by atoms with Gasteiger partial charge < -0.3 is 12.0 Å². The first-order valence-corrected chi connectivity index (χ1v) is 4.47. The van der Waals surface area contributed by atoms with Gasteiger partial charge in [0.05, 0.1) is 5.75 Å². The number of aliphatic hydroxyl groups excluding tert-OH is 1. The summed E-state index contributed by atoms with van der Waals surface area (Å²) in [5.74, 6) is -0.368. The zero-order valence-corrected chi connectivity index (χ0v) is 10.2. The van der Waals surface area contributed by atoms with Gasteiger partial charge in [0.25, 0.3) is 10.1 Å². The Morgan fingerprint density at radius 3 is 1.92 bits per heavy atom. The molecule has 0 fully saturated rings. The molecular weight excluding hydrogens is 191 g/mol. The third-order valence-electron chi connectivity index (χ3n) is 0.328. The van der Waals surface area contributed by atoms with Crippen LogP contribution in [0.25, 0.3) is 0 Å². The first kappa shape index (κ1) is 18.4. The summed E-state index contributed by atoms with van der Waals surface area (Å²) >= 11 is 0. The molecule has 2 N–H and O–H groups in total. The van der Waals surface area contributed by atoms with Gasteiger partial charge in [-0.1, -0.05) is 19.1 Å². The SMILES string of the molecule is C=CCS(=O)(=O)O.[CH2-]C(C)O.[Na+]. The molecule has 6 heteroatoms. The van der Waals surface area contributed by atoms with Crippen molar-refractivity contribution in [1.29, 1.82) is 0 Å². The molecule has 0 saturated heterocycles. The number of hydrogen-bond acceptors (Lipinski definition) is 3. The van der Waals surface area contributed by atoms with Gasteiger partial charge in [-0.2, -0.15) is 8.42 Å². The molecule has 0 amide bonds. The van der Waals surface area contributed by atoms with Gasteiger partial charge in [-0.15, -0.1) is 6.58 Å². The molecule has 0 aliphatic rings. The van der Waals surface area contributed by atoms with E-state index in [2.05, 4.69) is 13.5 Å². The number of hydrogen-bond donors (Lipinski definition) is 2. The van der Waals surface area contributed by atoms with Crippen LogP contribution in [0.5, 0.6) is 0 Å². The first-order valence-electron chi connectivity index (χ1n) is 2.86. The van der Waals surface area contributed by atoms with Gasteiger partial charge in [-0.3, -0.25) is 4.55 Å². The fraction of sp³-hybridized carbons (Fsp3) is 0.500. The van der Waals surface area contributed by atoms with Crippen LogP contribution in [-0.4, -0.2) is 29.9 Å². The van der Waals surface area contributed by atoms with Crippen LogP contribution in [0, 0.1) is 6.92 Å². The van der Waals surface area contributed by atoms with Crippen LogP contribution in [0.1, 0.15) is 6.92 Å². The monoisotopic (exact) mass is 204 g/mol.